The van der Waals surface area contributed by atoms with Crippen molar-refractivity contribution in [1.29, 1.82) is 0 Å². The zero-order valence-corrected chi connectivity index (χ0v) is 11.5. The fraction of sp³-hybridized carbons (Fsp3) is 0.154. The standard InChI is InChI=1S/C13H13ClN4O2/c1-8-3-2-4-9(5-8)17-10(19)6-18-7-16-12(14)11(15)13(18)20/h2-5,7H,6,15H2,1H3,(H,17,19). The van der Waals surface area contributed by atoms with Crippen LogP contribution in [0.25, 0.3) is 0 Å². The molecule has 20 heavy (non-hydrogen) atoms. The molecule has 0 bridgehead atoms. The Hall–Kier alpha value is -2.34. The molecule has 1 amide bonds. The molecule has 1 heterocycles. The van der Waals surface area contributed by atoms with Crippen LogP contribution in [0.3, 0.4) is 0 Å². The van der Waals surface area contributed by atoms with Crippen LogP contribution in [0.5, 0.6) is 0 Å². The molecule has 0 saturated heterocycles. The van der Waals surface area contributed by atoms with Crippen LogP contribution in [-0.2, 0) is 11.3 Å². The average Bonchev–Trinajstić information content (AvgIpc) is 2.39. The van der Waals surface area contributed by atoms with Crippen molar-refractivity contribution < 1.29 is 4.79 Å². The Balaban J connectivity index is 2.13. The molecule has 0 aliphatic heterocycles. The number of carbonyl (C=O) groups excluding carboxylic acids is 1. The maximum Gasteiger partial charge on any atom is 0.278 e. The van der Waals surface area contributed by atoms with Crippen molar-refractivity contribution in [2.45, 2.75) is 13.5 Å². The third-order valence-electron chi connectivity index (χ3n) is 2.64. The Morgan fingerprint density at radius 1 is 1.50 bits per heavy atom. The number of aryl methyl sites for hydroxylation is 1. The molecule has 0 radical (unpaired) electrons. The molecule has 1 aromatic heterocycles. The SMILES string of the molecule is Cc1cccc(NC(=O)Cn2cnc(Cl)c(N)c2=O)c1. The normalized spacial score (nSPS) is 10.3. The van der Waals surface area contributed by atoms with Crippen molar-refractivity contribution in [2.75, 3.05) is 11.1 Å². The quantitative estimate of drug-likeness (QED) is 0.837. The van der Waals surface area contributed by atoms with Crippen LogP contribution in [0.2, 0.25) is 5.15 Å². The summed E-state index contributed by atoms with van der Waals surface area (Å²) in [5.41, 5.74) is 6.45. The van der Waals surface area contributed by atoms with Crippen LogP contribution in [0, 0.1) is 6.92 Å². The van der Waals surface area contributed by atoms with Crippen molar-refractivity contribution >= 4 is 28.9 Å². The van der Waals surface area contributed by atoms with Crippen molar-refractivity contribution in [3.8, 4) is 0 Å². The van der Waals surface area contributed by atoms with Crippen LogP contribution in [0.4, 0.5) is 11.4 Å². The van der Waals surface area contributed by atoms with Crippen molar-refractivity contribution in [3.05, 3.63) is 51.7 Å². The monoisotopic (exact) mass is 292 g/mol. The summed E-state index contributed by atoms with van der Waals surface area (Å²) >= 11 is 5.62. The number of nitrogen functional groups attached to an aromatic ring is 1. The lowest BCUT2D eigenvalue weighted by atomic mass is 10.2. The number of nitrogens with zero attached hydrogens (tertiary/aromatic N) is 2. The molecule has 0 saturated carbocycles. The van der Waals surface area contributed by atoms with Crippen LogP contribution >= 0.6 is 11.6 Å². The molecule has 2 aromatic rings. The number of benzene rings is 1. The molecule has 0 aliphatic carbocycles. The lowest BCUT2D eigenvalue weighted by Crippen LogP contribution is -2.29. The Bertz CT molecular complexity index is 712. The summed E-state index contributed by atoms with van der Waals surface area (Å²) in [5.74, 6) is -0.346. The summed E-state index contributed by atoms with van der Waals surface area (Å²) in [7, 11) is 0. The molecule has 3 N–H and O–H groups in total. The minimum absolute atomic E-state index is 0.0645. The molecule has 0 unspecified atom stereocenters. The Kier molecular flexibility index (Phi) is 4.05. The largest absolute Gasteiger partial charge is 0.392 e. The molecule has 104 valence electrons. The van der Waals surface area contributed by atoms with Gasteiger partial charge in [0.1, 0.15) is 12.2 Å². The third-order valence-corrected chi connectivity index (χ3v) is 2.94. The van der Waals surface area contributed by atoms with E-state index in [1.54, 1.807) is 6.07 Å². The summed E-state index contributed by atoms with van der Waals surface area (Å²) in [6, 6.07) is 7.35. The summed E-state index contributed by atoms with van der Waals surface area (Å²) in [6.07, 6.45) is 1.19. The van der Waals surface area contributed by atoms with Gasteiger partial charge in [-0.2, -0.15) is 0 Å². The number of aromatic nitrogens is 2. The lowest BCUT2D eigenvalue weighted by molar-refractivity contribution is -0.116. The number of hydrogen-bond donors (Lipinski definition) is 2. The van der Waals surface area contributed by atoms with Crippen LogP contribution < -0.4 is 16.6 Å². The molecule has 0 atom stereocenters. The maximum atomic E-state index is 11.9. The first-order valence-electron chi connectivity index (χ1n) is 5.84. The van der Waals surface area contributed by atoms with Gasteiger partial charge in [0, 0.05) is 5.69 Å². The molecule has 6 nitrogen and oxygen atoms in total. The van der Waals surface area contributed by atoms with Crippen molar-refractivity contribution in [1.82, 2.24) is 9.55 Å². The van der Waals surface area contributed by atoms with Crippen LogP contribution in [-0.4, -0.2) is 15.5 Å². The predicted octanol–water partition coefficient (Wildman–Crippen LogP) is 1.43. The molecule has 2 rings (SSSR count). The van der Waals surface area contributed by atoms with Gasteiger partial charge >= 0.3 is 0 Å². The highest BCUT2D eigenvalue weighted by Gasteiger charge is 2.10. The second kappa shape index (κ2) is 5.75. The topological polar surface area (TPSA) is 90.0 Å². The van der Waals surface area contributed by atoms with Gasteiger partial charge in [0.15, 0.2) is 5.15 Å². The van der Waals surface area contributed by atoms with Gasteiger partial charge in [0.2, 0.25) is 5.91 Å². The van der Waals surface area contributed by atoms with Gasteiger partial charge in [-0.25, -0.2) is 4.98 Å². The van der Waals surface area contributed by atoms with E-state index in [0.29, 0.717) is 5.69 Å². The number of rotatable bonds is 3. The lowest BCUT2D eigenvalue weighted by Gasteiger charge is -2.08. The highest BCUT2D eigenvalue weighted by atomic mass is 35.5. The molecule has 7 heteroatoms. The van der Waals surface area contributed by atoms with Gasteiger partial charge in [0.05, 0.1) is 6.33 Å². The second-order valence-electron chi connectivity index (χ2n) is 4.30. The average molecular weight is 293 g/mol. The first-order valence-corrected chi connectivity index (χ1v) is 6.22. The fourth-order valence-corrected chi connectivity index (χ4v) is 1.80. The first-order chi connectivity index (χ1) is 9.47. The number of nitrogens with two attached hydrogens (primary N) is 1. The zero-order valence-electron chi connectivity index (χ0n) is 10.8. The van der Waals surface area contributed by atoms with Crippen LogP contribution in [0.15, 0.2) is 35.4 Å². The van der Waals surface area contributed by atoms with E-state index in [9.17, 15) is 9.59 Å². The van der Waals surface area contributed by atoms with E-state index in [4.69, 9.17) is 17.3 Å². The van der Waals surface area contributed by atoms with E-state index < -0.39 is 5.56 Å². The summed E-state index contributed by atoms with van der Waals surface area (Å²) in [6.45, 7) is 1.74. The first kappa shape index (κ1) is 14.1. The van der Waals surface area contributed by atoms with E-state index in [2.05, 4.69) is 10.3 Å². The third kappa shape index (κ3) is 3.16. The number of hydrogen-bond acceptors (Lipinski definition) is 4. The predicted molar refractivity (Wildman–Crippen MR) is 77.7 cm³/mol. The molecule has 0 fully saturated rings. The minimum atomic E-state index is -0.538. The number of anilines is 2. The second-order valence-corrected chi connectivity index (χ2v) is 4.66. The van der Waals surface area contributed by atoms with Crippen LogP contribution in [0.1, 0.15) is 5.56 Å². The van der Waals surface area contributed by atoms with Gasteiger partial charge in [-0.1, -0.05) is 23.7 Å². The van der Waals surface area contributed by atoms with E-state index in [0.717, 1.165) is 10.1 Å². The van der Waals surface area contributed by atoms with Crippen molar-refractivity contribution in [2.24, 2.45) is 0 Å². The van der Waals surface area contributed by atoms with Gasteiger partial charge in [0.25, 0.3) is 5.56 Å². The highest BCUT2D eigenvalue weighted by molar-refractivity contribution is 6.31. The van der Waals surface area contributed by atoms with E-state index in [1.807, 2.05) is 25.1 Å². The molecule has 1 aromatic carbocycles. The number of amides is 1. The fourth-order valence-electron chi connectivity index (χ4n) is 1.68. The molecular weight excluding hydrogens is 280 g/mol. The smallest absolute Gasteiger partial charge is 0.278 e. The van der Waals surface area contributed by atoms with Gasteiger partial charge in [-0.3, -0.25) is 14.2 Å². The molecule has 0 spiro atoms. The molecule has 0 aliphatic rings. The van der Waals surface area contributed by atoms with E-state index >= 15 is 0 Å². The zero-order chi connectivity index (χ0) is 14.7. The molecular formula is C13H13ClN4O2. The minimum Gasteiger partial charge on any atom is -0.392 e. The summed E-state index contributed by atoms with van der Waals surface area (Å²) in [5, 5.41) is 2.63. The van der Waals surface area contributed by atoms with E-state index in [1.165, 1.54) is 6.33 Å². The van der Waals surface area contributed by atoms with Gasteiger partial charge in [-0.15, -0.1) is 0 Å². The Labute approximate surface area is 120 Å². The van der Waals surface area contributed by atoms with E-state index in [-0.39, 0.29) is 23.3 Å². The number of halogens is 1. The Morgan fingerprint density at radius 2 is 2.25 bits per heavy atom. The number of carbonyl (C=O) groups is 1. The summed E-state index contributed by atoms with van der Waals surface area (Å²) < 4.78 is 1.10. The number of nitrogens with one attached hydrogen (secondary N) is 1. The summed E-state index contributed by atoms with van der Waals surface area (Å²) in [4.78, 5) is 27.4. The van der Waals surface area contributed by atoms with Crippen molar-refractivity contribution in [3.63, 3.8) is 0 Å². The van der Waals surface area contributed by atoms with Gasteiger partial charge < -0.3 is 11.1 Å². The Morgan fingerprint density at radius 3 is 2.95 bits per heavy atom. The highest BCUT2D eigenvalue weighted by Crippen LogP contribution is 2.10. The maximum absolute atomic E-state index is 11.9. The van der Waals surface area contributed by atoms with Gasteiger partial charge in [-0.05, 0) is 24.6 Å².